The van der Waals surface area contributed by atoms with Crippen molar-refractivity contribution in [3.05, 3.63) is 35.8 Å². The van der Waals surface area contributed by atoms with E-state index >= 15 is 0 Å². The molecule has 0 unspecified atom stereocenters. The average molecular weight is 365 g/mol. The summed E-state index contributed by atoms with van der Waals surface area (Å²) in [4.78, 5) is 20.5. The molecule has 0 aromatic carbocycles. The molecule has 2 aromatic heterocycles. The normalized spacial score (nSPS) is 17.7. The number of nitrogens with zero attached hydrogens (tertiary/aromatic N) is 7. The molecular formula is C19H23N7O. The highest BCUT2D eigenvalue weighted by molar-refractivity contribution is 5.53. The summed E-state index contributed by atoms with van der Waals surface area (Å²) in [6, 6.07) is 7.84. The molecule has 8 nitrogen and oxygen atoms in total. The Morgan fingerprint density at radius 2 is 1.48 bits per heavy atom. The van der Waals surface area contributed by atoms with Gasteiger partial charge >= 0.3 is 0 Å². The van der Waals surface area contributed by atoms with Crippen LogP contribution in [0.2, 0.25) is 0 Å². The lowest BCUT2D eigenvalue weighted by Crippen LogP contribution is -2.47. The summed E-state index contributed by atoms with van der Waals surface area (Å²) >= 11 is 0. The van der Waals surface area contributed by atoms with Gasteiger partial charge in [-0.05, 0) is 19.1 Å². The maximum atomic E-state index is 9.08. The Hall–Kier alpha value is -2.92. The molecule has 2 saturated heterocycles. The van der Waals surface area contributed by atoms with Gasteiger partial charge in [-0.25, -0.2) is 15.0 Å². The van der Waals surface area contributed by atoms with Crippen LogP contribution in [-0.2, 0) is 4.74 Å². The number of rotatable bonds is 3. The van der Waals surface area contributed by atoms with Crippen molar-refractivity contribution in [3.8, 4) is 6.07 Å². The summed E-state index contributed by atoms with van der Waals surface area (Å²) < 4.78 is 5.44. The van der Waals surface area contributed by atoms with Crippen molar-refractivity contribution < 1.29 is 4.74 Å². The second-order valence-electron chi connectivity index (χ2n) is 6.72. The summed E-state index contributed by atoms with van der Waals surface area (Å²) in [5.74, 6) is 3.61. The number of hydrogen-bond acceptors (Lipinski definition) is 8. The van der Waals surface area contributed by atoms with Crippen LogP contribution in [0, 0.1) is 18.3 Å². The average Bonchev–Trinajstić information content (AvgIpc) is 2.74. The molecule has 0 amide bonds. The maximum absolute atomic E-state index is 9.08. The highest BCUT2D eigenvalue weighted by Gasteiger charge is 2.21. The van der Waals surface area contributed by atoms with Crippen LogP contribution in [0.5, 0.6) is 0 Å². The Morgan fingerprint density at radius 1 is 0.889 bits per heavy atom. The first kappa shape index (κ1) is 17.5. The minimum Gasteiger partial charge on any atom is -0.378 e. The first-order valence-electron chi connectivity index (χ1n) is 9.27. The molecule has 2 fully saturated rings. The third-order valence-corrected chi connectivity index (χ3v) is 4.95. The van der Waals surface area contributed by atoms with E-state index in [1.807, 2.05) is 13.0 Å². The summed E-state index contributed by atoms with van der Waals surface area (Å²) in [7, 11) is 0. The van der Waals surface area contributed by atoms with Crippen LogP contribution >= 0.6 is 0 Å². The predicted molar refractivity (Wildman–Crippen MR) is 103 cm³/mol. The van der Waals surface area contributed by atoms with Gasteiger partial charge in [-0.1, -0.05) is 0 Å². The SMILES string of the molecule is Cc1nc(N2CCOCC2)cc(N2CCN(c3cc(C#N)ccn3)CC2)n1. The van der Waals surface area contributed by atoms with Crippen LogP contribution in [0.4, 0.5) is 17.5 Å². The van der Waals surface area contributed by atoms with Crippen molar-refractivity contribution >= 4 is 17.5 Å². The molecule has 2 aliphatic heterocycles. The van der Waals surface area contributed by atoms with Crippen LogP contribution in [0.25, 0.3) is 0 Å². The van der Waals surface area contributed by atoms with E-state index in [0.29, 0.717) is 5.56 Å². The van der Waals surface area contributed by atoms with E-state index < -0.39 is 0 Å². The zero-order chi connectivity index (χ0) is 18.6. The predicted octanol–water partition coefficient (Wildman–Crippen LogP) is 1.21. The summed E-state index contributed by atoms with van der Waals surface area (Å²) in [6.45, 7) is 8.57. The van der Waals surface area contributed by atoms with Crippen molar-refractivity contribution in [1.82, 2.24) is 15.0 Å². The largest absolute Gasteiger partial charge is 0.378 e. The van der Waals surface area contributed by atoms with E-state index in [-0.39, 0.29) is 0 Å². The molecule has 4 heterocycles. The third-order valence-electron chi connectivity index (χ3n) is 4.95. The van der Waals surface area contributed by atoms with Gasteiger partial charge in [-0.3, -0.25) is 0 Å². The molecule has 0 bridgehead atoms. The van der Waals surface area contributed by atoms with E-state index in [4.69, 9.17) is 10.00 Å². The molecule has 0 atom stereocenters. The topological polar surface area (TPSA) is 81.4 Å². The lowest BCUT2D eigenvalue weighted by molar-refractivity contribution is 0.122. The number of anilines is 3. The van der Waals surface area contributed by atoms with Crippen molar-refractivity contribution in [2.24, 2.45) is 0 Å². The number of ether oxygens (including phenoxy) is 1. The standard InChI is InChI=1S/C19H23N7O/c1-15-22-18(13-19(23-15)26-8-10-27-11-9-26)25-6-4-24(5-7-25)17-12-16(14-20)2-3-21-17/h2-3,12-13H,4-11H2,1H3. The number of pyridine rings is 1. The fourth-order valence-electron chi connectivity index (χ4n) is 3.48. The summed E-state index contributed by atoms with van der Waals surface area (Å²) in [5, 5.41) is 9.08. The minimum atomic E-state index is 0.643. The Labute approximate surface area is 159 Å². The van der Waals surface area contributed by atoms with Crippen molar-refractivity contribution in [1.29, 1.82) is 5.26 Å². The van der Waals surface area contributed by atoms with Gasteiger partial charge in [0.05, 0.1) is 24.8 Å². The molecule has 27 heavy (non-hydrogen) atoms. The lowest BCUT2D eigenvalue weighted by Gasteiger charge is -2.36. The van der Waals surface area contributed by atoms with Crippen molar-refractivity contribution in [2.45, 2.75) is 6.92 Å². The van der Waals surface area contributed by atoms with Gasteiger partial charge in [0.2, 0.25) is 0 Å². The highest BCUT2D eigenvalue weighted by Crippen LogP contribution is 2.22. The summed E-state index contributed by atoms with van der Waals surface area (Å²) in [6.07, 6.45) is 1.70. The van der Waals surface area contributed by atoms with Gasteiger partial charge in [-0.15, -0.1) is 0 Å². The zero-order valence-electron chi connectivity index (χ0n) is 15.5. The molecule has 0 spiro atoms. The second-order valence-corrected chi connectivity index (χ2v) is 6.72. The van der Waals surface area contributed by atoms with Gasteiger partial charge in [-0.2, -0.15) is 5.26 Å². The first-order chi connectivity index (χ1) is 13.2. The van der Waals surface area contributed by atoms with Crippen molar-refractivity contribution in [2.75, 3.05) is 67.2 Å². The molecule has 2 aromatic rings. The maximum Gasteiger partial charge on any atom is 0.134 e. The Morgan fingerprint density at radius 3 is 2.11 bits per heavy atom. The van der Waals surface area contributed by atoms with Crippen LogP contribution in [0.1, 0.15) is 11.4 Å². The van der Waals surface area contributed by atoms with Gasteiger partial charge < -0.3 is 19.4 Å². The van der Waals surface area contributed by atoms with Gasteiger partial charge in [0, 0.05) is 51.5 Å². The Kier molecular flexibility index (Phi) is 5.03. The smallest absolute Gasteiger partial charge is 0.134 e. The molecule has 2 aliphatic rings. The van der Waals surface area contributed by atoms with E-state index in [2.05, 4.69) is 41.8 Å². The van der Waals surface area contributed by atoms with Crippen LogP contribution in [0.3, 0.4) is 0 Å². The molecular weight excluding hydrogens is 342 g/mol. The van der Waals surface area contributed by atoms with Gasteiger partial charge in [0.1, 0.15) is 23.3 Å². The number of piperazine rings is 1. The lowest BCUT2D eigenvalue weighted by atomic mass is 10.2. The zero-order valence-corrected chi connectivity index (χ0v) is 15.5. The van der Waals surface area contributed by atoms with Crippen LogP contribution < -0.4 is 14.7 Å². The fraction of sp³-hybridized carbons (Fsp3) is 0.474. The van der Waals surface area contributed by atoms with Crippen LogP contribution in [-0.4, -0.2) is 67.4 Å². The Balaban J connectivity index is 1.46. The minimum absolute atomic E-state index is 0.643. The molecule has 0 radical (unpaired) electrons. The first-order valence-corrected chi connectivity index (χ1v) is 9.27. The molecule has 0 aliphatic carbocycles. The molecule has 0 N–H and O–H groups in total. The number of nitriles is 1. The monoisotopic (exact) mass is 365 g/mol. The molecule has 8 heteroatoms. The summed E-state index contributed by atoms with van der Waals surface area (Å²) in [5.41, 5.74) is 0.643. The van der Waals surface area contributed by atoms with Crippen LogP contribution in [0.15, 0.2) is 24.4 Å². The van der Waals surface area contributed by atoms with E-state index in [1.54, 1.807) is 12.3 Å². The van der Waals surface area contributed by atoms with Gasteiger partial charge in [0.25, 0.3) is 0 Å². The van der Waals surface area contributed by atoms with Gasteiger partial charge in [0.15, 0.2) is 0 Å². The molecule has 4 rings (SSSR count). The van der Waals surface area contributed by atoms with Crippen molar-refractivity contribution in [3.63, 3.8) is 0 Å². The number of hydrogen-bond donors (Lipinski definition) is 0. The highest BCUT2D eigenvalue weighted by atomic mass is 16.5. The fourth-order valence-corrected chi connectivity index (χ4v) is 3.48. The number of aromatic nitrogens is 3. The molecule has 0 saturated carbocycles. The third kappa shape index (κ3) is 3.93. The van der Waals surface area contributed by atoms with E-state index in [9.17, 15) is 0 Å². The Bertz CT molecular complexity index is 836. The second kappa shape index (κ2) is 7.76. The van der Waals surface area contributed by atoms with E-state index in [0.717, 1.165) is 75.8 Å². The molecule has 140 valence electrons. The quantitative estimate of drug-likeness (QED) is 0.803. The number of morpholine rings is 1. The number of aryl methyl sites for hydroxylation is 1. The van der Waals surface area contributed by atoms with E-state index in [1.165, 1.54) is 0 Å².